The molecule has 2 rings (SSSR count). The van der Waals surface area contributed by atoms with E-state index in [1.807, 2.05) is 38.1 Å². The molecule has 2 N–H and O–H groups in total. The van der Waals surface area contributed by atoms with Crippen molar-refractivity contribution in [2.45, 2.75) is 26.9 Å². The molecular weight excluding hydrogens is 362 g/mol. The number of rotatable bonds is 7. The molecule has 8 heteroatoms. The maximum Gasteiger partial charge on any atom is 0.259 e. The summed E-state index contributed by atoms with van der Waals surface area (Å²) < 4.78 is 5.55. The van der Waals surface area contributed by atoms with Gasteiger partial charge in [-0.3, -0.25) is 9.79 Å². The Labute approximate surface area is 164 Å². The maximum absolute atomic E-state index is 11.6. The number of guanidine groups is 1. The van der Waals surface area contributed by atoms with E-state index in [2.05, 4.69) is 20.6 Å². The van der Waals surface area contributed by atoms with E-state index in [1.54, 1.807) is 32.5 Å². The van der Waals surface area contributed by atoms with Gasteiger partial charge in [-0.2, -0.15) is 0 Å². The average molecular weight is 390 g/mol. The predicted molar refractivity (Wildman–Crippen MR) is 109 cm³/mol. The fourth-order valence-electron chi connectivity index (χ4n) is 2.33. The van der Waals surface area contributed by atoms with Gasteiger partial charge >= 0.3 is 0 Å². The topological polar surface area (TPSA) is 78.9 Å². The second-order valence-corrected chi connectivity index (χ2v) is 7.53. The quantitative estimate of drug-likeness (QED) is 0.560. The molecule has 0 aliphatic carbocycles. The Morgan fingerprint density at radius 3 is 2.63 bits per heavy atom. The molecule has 0 aliphatic rings. The number of carbonyl (C=O) groups is 1. The van der Waals surface area contributed by atoms with Gasteiger partial charge in [0.1, 0.15) is 5.75 Å². The van der Waals surface area contributed by atoms with Crippen molar-refractivity contribution in [1.29, 1.82) is 0 Å². The zero-order chi connectivity index (χ0) is 19.8. The molecule has 0 bridgehead atoms. The third-order valence-electron chi connectivity index (χ3n) is 3.86. The van der Waals surface area contributed by atoms with Crippen molar-refractivity contribution >= 4 is 23.2 Å². The van der Waals surface area contributed by atoms with Crippen LogP contribution in [0.25, 0.3) is 0 Å². The largest absolute Gasteiger partial charge is 0.484 e. The number of aliphatic imine (C=N–C) groups is 1. The minimum absolute atomic E-state index is 0.0285. The summed E-state index contributed by atoms with van der Waals surface area (Å²) in [7, 11) is 5.16. The van der Waals surface area contributed by atoms with Crippen molar-refractivity contribution < 1.29 is 9.53 Å². The van der Waals surface area contributed by atoms with Gasteiger partial charge in [0.15, 0.2) is 12.6 Å². The lowest BCUT2D eigenvalue weighted by Gasteiger charge is -2.13. The SMILES string of the molecule is CN=C(NCc1cccc(OCC(=O)N(C)C)c1)NCc1sc(C)nc1C. The van der Waals surface area contributed by atoms with Crippen LogP contribution in [0.3, 0.4) is 0 Å². The molecule has 27 heavy (non-hydrogen) atoms. The van der Waals surface area contributed by atoms with E-state index in [4.69, 9.17) is 4.74 Å². The van der Waals surface area contributed by atoms with E-state index in [0.717, 1.165) is 22.2 Å². The van der Waals surface area contributed by atoms with Gasteiger partial charge in [-0.1, -0.05) is 12.1 Å². The van der Waals surface area contributed by atoms with Crippen LogP contribution in [0.4, 0.5) is 0 Å². The van der Waals surface area contributed by atoms with Crippen molar-refractivity contribution in [1.82, 2.24) is 20.5 Å². The van der Waals surface area contributed by atoms with Gasteiger partial charge in [0.2, 0.25) is 0 Å². The molecule has 0 radical (unpaired) electrons. The zero-order valence-corrected chi connectivity index (χ0v) is 17.3. The summed E-state index contributed by atoms with van der Waals surface area (Å²) in [6, 6.07) is 7.66. The van der Waals surface area contributed by atoms with Crippen LogP contribution in [0.5, 0.6) is 5.75 Å². The fraction of sp³-hybridized carbons (Fsp3) is 0.421. The molecule has 0 fully saturated rings. The Hall–Kier alpha value is -2.61. The number of aryl methyl sites for hydroxylation is 2. The molecule has 1 amide bonds. The molecule has 1 heterocycles. The van der Waals surface area contributed by atoms with Crippen LogP contribution < -0.4 is 15.4 Å². The van der Waals surface area contributed by atoms with Crippen molar-refractivity contribution in [3.63, 3.8) is 0 Å². The molecule has 0 aliphatic heterocycles. The molecule has 7 nitrogen and oxygen atoms in total. The Kier molecular flexibility index (Phi) is 7.60. The highest BCUT2D eigenvalue weighted by Crippen LogP contribution is 2.16. The average Bonchev–Trinajstić information content (AvgIpc) is 2.97. The van der Waals surface area contributed by atoms with Crippen LogP contribution in [0.2, 0.25) is 0 Å². The van der Waals surface area contributed by atoms with Crippen LogP contribution >= 0.6 is 11.3 Å². The van der Waals surface area contributed by atoms with E-state index in [0.29, 0.717) is 18.8 Å². The number of carbonyl (C=O) groups excluding carboxylic acids is 1. The smallest absolute Gasteiger partial charge is 0.259 e. The Balaban J connectivity index is 1.86. The van der Waals surface area contributed by atoms with Crippen LogP contribution in [-0.4, -0.2) is 49.5 Å². The number of benzene rings is 1. The lowest BCUT2D eigenvalue weighted by atomic mass is 10.2. The number of thiazole rings is 1. The molecule has 1 aromatic heterocycles. The molecule has 1 aromatic carbocycles. The first kappa shape index (κ1) is 20.7. The van der Waals surface area contributed by atoms with E-state index in [1.165, 1.54) is 9.78 Å². The molecule has 0 saturated heterocycles. The predicted octanol–water partition coefficient (Wildman–Crippen LogP) is 2.09. The standard InChI is InChI=1S/C19H27N5O2S/c1-13-17(27-14(2)23-13)11-22-19(20-3)21-10-15-7-6-8-16(9-15)26-12-18(25)24(4)5/h6-9H,10-12H2,1-5H3,(H2,20,21,22). The van der Waals surface area contributed by atoms with Crippen LogP contribution in [0.15, 0.2) is 29.3 Å². The van der Waals surface area contributed by atoms with Crippen LogP contribution in [0.1, 0.15) is 21.1 Å². The van der Waals surface area contributed by atoms with Gasteiger partial charge in [0.25, 0.3) is 5.91 Å². The van der Waals surface area contributed by atoms with Gasteiger partial charge in [-0.25, -0.2) is 4.98 Å². The minimum atomic E-state index is -0.0725. The highest BCUT2D eigenvalue weighted by Gasteiger charge is 2.07. The van der Waals surface area contributed by atoms with Crippen molar-refractivity contribution in [3.05, 3.63) is 45.4 Å². The summed E-state index contributed by atoms with van der Waals surface area (Å²) in [6.07, 6.45) is 0. The van der Waals surface area contributed by atoms with Crippen molar-refractivity contribution in [2.24, 2.45) is 4.99 Å². The number of nitrogens with zero attached hydrogens (tertiary/aromatic N) is 3. The van der Waals surface area contributed by atoms with Crippen LogP contribution in [0, 0.1) is 13.8 Å². The maximum atomic E-state index is 11.6. The third-order valence-corrected chi connectivity index (χ3v) is 4.93. The van der Waals surface area contributed by atoms with Gasteiger partial charge in [0.05, 0.1) is 17.2 Å². The normalized spacial score (nSPS) is 11.2. The first-order chi connectivity index (χ1) is 12.9. The summed E-state index contributed by atoms with van der Waals surface area (Å²) >= 11 is 1.69. The second kappa shape index (κ2) is 9.91. The monoisotopic (exact) mass is 389 g/mol. The molecule has 2 aromatic rings. The van der Waals surface area contributed by atoms with Gasteiger partial charge in [-0.15, -0.1) is 11.3 Å². The van der Waals surface area contributed by atoms with Gasteiger partial charge in [-0.05, 0) is 31.5 Å². The lowest BCUT2D eigenvalue weighted by Crippen LogP contribution is -2.36. The summed E-state index contributed by atoms with van der Waals surface area (Å²) in [5.41, 5.74) is 2.09. The van der Waals surface area contributed by atoms with Gasteiger partial charge in [0, 0.05) is 32.6 Å². The third kappa shape index (κ3) is 6.56. The highest BCUT2D eigenvalue weighted by atomic mass is 32.1. The van der Waals surface area contributed by atoms with Crippen molar-refractivity contribution in [3.8, 4) is 5.75 Å². The minimum Gasteiger partial charge on any atom is -0.484 e. The van der Waals surface area contributed by atoms with E-state index < -0.39 is 0 Å². The Morgan fingerprint density at radius 2 is 2.00 bits per heavy atom. The number of hydrogen-bond acceptors (Lipinski definition) is 5. The molecule has 146 valence electrons. The molecule has 0 spiro atoms. The first-order valence-electron chi connectivity index (χ1n) is 8.68. The summed E-state index contributed by atoms with van der Waals surface area (Å²) in [5.74, 6) is 1.31. The summed E-state index contributed by atoms with van der Waals surface area (Å²) in [6.45, 7) is 5.34. The first-order valence-corrected chi connectivity index (χ1v) is 9.50. The number of aromatic nitrogens is 1. The van der Waals surface area contributed by atoms with Crippen LogP contribution in [-0.2, 0) is 17.9 Å². The summed E-state index contributed by atoms with van der Waals surface area (Å²) in [5, 5.41) is 7.66. The second-order valence-electron chi connectivity index (χ2n) is 6.25. The number of hydrogen-bond donors (Lipinski definition) is 2. The van der Waals surface area contributed by atoms with E-state index in [9.17, 15) is 4.79 Å². The number of likely N-dealkylation sites (N-methyl/N-ethyl adjacent to an activating group) is 1. The highest BCUT2D eigenvalue weighted by molar-refractivity contribution is 7.11. The van der Waals surface area contributed by atoms with Crippen molar-refractivity contribution in [2.75, 3.05) is 27.7 Å². The number of nitrogens with one attached hydrogen (secondary N) is 2. The van der Waals surface area contributed by atoms with Gasteiger partial charge < -0.3 is 20.3 Å². The Bertz CT molecular complexity index is 801. The Morgan fingerprint density at radius 1 is 1.26 bits per heavy atom. The molecular formula is C19H27N5O2S. The zero-order valence-electron chi connectivity index (χ0n) is 16.5. The number of amides is 1. The molecule has 0 unspecified atom stereocenters. The number of ether oxygens (including phenoxy) is 1. The van der Waals surface area contributed by atoms with E-state index in [-0.39, 0.29) is 12.5 Å². The summed E-state index contributed by atoms with van der Waals surface area (Å²) in [4.78, 5) is 23.0. The van der Waals surface area contributed by atoms with E-state index >= 15 is 0 Å². The molecule has 0 atom stereocenters. The fourth-order valence-corrected chi connectivity index (χ4v) is 3.20. The molecule has 0 saturated carbocycles. The lowest BCUT2D eigenvalue weighted by molar-refractivity contribution is -0.130.